The first-order chi connectivity index (χ1) is 13.4. The Kier molecular flexibility index (Phi) is 4.52. The third-order valence-electron chi connectivity index (χ3n) is 9.66. The fourth-order valence-electron chi connectivity index (χ4n) is 8.00. The van der Waals surface area contributed by atoms with E-state index in [1.807, 2.05) is 0 Å². The minimum atomic E-state index is -0.294. The van der Waals surface area contributed by atoms with Gasteiger partial charge in [-0.25, -0.2) is 0 Å². The van der Waals surface area contributed by atoms with Crippen molar-refractivity contribution in [3.05, 3.63) is 41.5 Å². The SMILES string of the molecule is C[C@@]12CC[C@@H]3[C@H](CC[C@@H]4C[C@@H](O)CC[C@]43C)[C@@H]1C/C(=C/c1ccccc1)[C@H]2O. The van der Waals surface area contributed by atoms with E-state index in [0.29, 0.717) is 17.3 Å². The van der Waals surface area contributed by atoms with Gasteiger partial charge in [-0.3, -0.25) is 0 Å². The van der Waals surface area contributed by atoms with Crippen LogP contribution in [-0.4, -0.2) is 22.4 Å². The Morgan fingerprint density at radius 3 is 2.43 bits per heavy atom. The molecule has 152 valence electrons. The van der Waals surface area contributed by atoms with E-state index >= 15 is 0 Å². The average molecular weight is 381 g/mol. The van der Waals surface area contributed by atoms with Crippen molar-refractivity contribution >= 4 is 6.08 Å². The van der Waals surface area contributed by atoms with Gasteiger partial charge in [-0.1, -0.05) is 50.3 Å². The van der Waals surface area contributed by atoms with E-state index < -0.39 is 0 Å². The molecule has 4 saturated carbocycles. The van der Waals surface area contributed by atoms with Crippen molar-refractivity contribution in [2.24, 2.45) is 34.5 Å². The van der Waals surface area contributed by atoms with E-state index in [9.17, 15) is 10.2 Å². The van der Waals surface area contributed by atoms with Gasteiger partial charge in [0.2, 0.25) is 0 Å². The van der Waals surface area contributed by atoms with Crippen LogP contribution in [0.5, 0.6) is 0 Å². The molecule has 1 aromatic rings. The van der Waals surface area contributed by atoms with E-state index in [0.717, 1.165) is 37.5 Å². The fourth-order valence-corrected chi connectivity index (χ4v) is 8.00. The molecule has 0 heterocycles. The van der Waals surface area contributed by atoms with Crippen LogP contribution < -0.4 is 0 Å². The van der Waals surface area contributed by atoms with Crippen LogP contribution in [-0.2, 0) is 0 Å². The van der Waals surface area contributed by atoms with Gasteiger partial charge in [0, 0.05) is 5.41 Å². The molecular weight excluding hydrogens is 344 g/mol. The molecule has 0 saturated heterocycles. The van der Waals surface area contributed by atoms with E-state index in [4.69, 9.17) is 0 Å². The van der Waals surface area contributed by atoms with Crippen LogP contribution in [0.25, 0.3) is 6.08 Å². The molecule has 2 nitrogen and oxygen atoms in total. The number of hydrogen-bond acceptors (Lipinski definition) is 2. The van der Waals surface area contributed by atoms with Crippen molar-refractivity contribution in [1.82, 2.24) is 0 Å². The summed E-state index contributed by atoms with van der Waals surface area (Å²) in [4.78, 5) is 0. The van der Waals surface area contributed by atoms with Crippen LogP contribution in [0, 0.1) is 34.5 Å². The summed E-state index contributed by atoms with van der Waals surface area (Å²) in [5.41, 5.74) is 2.91. The minimum absolute atomic E-state index is 0.0408. The summed E-state index contributed by atoms with van der Waals surface area (Å²) < 4.78 is 0. The third-order valence-corrected chi connectivity index (χ3v) is 9.66. The highest BCUT2D eigenvalue weighted by Crippen LogP contribution is 2.67. The van der Waals surface area contributed by atoms with Gasteiger partial charge in [0.15, 0.2) is 0 Å². The molecule has 0 unspecified atom stereocenters. The van der Waals surface area contributed by atoms with Crippen LogP contribution >= 0.6 is 0 Å². The number of aliphatic hydroxyl groups is 2. The van der Waals surface area contributed by atoms with Gasteiger partial charge >= 0.3 is 0 Å². The van der Waals surface area contributed by atoms with Crippen molar-refractivity contribution in [1.29, 1.82) is 0 Å². The molecule has 0 spiro atoms. The van der Waals surface area contributed by atoms with E-state index in [2.05, 4.69) is 50.3 Å². The van der Waals surface area contributed by atoms with Crippen molar-refractivity contribution in [3.63, 3.8) is 0 Å². The Morgan fingerprint density at radius 1 is 0.893 bits per heavy atom. The topological polar surface area (TPSA) is 40.5 Å². The Hall–Kier alpha value is -1.12. The largest absolute Gasteiger partial charge is 0.393 e. The lowest BCUT2D eigenvalue weighted by atomic mass is 9.45. The highest BCUT2D eigenvalue weighted by molar-refractivity contribution is 5.55. The zero-order chi connectivity index (χ0) is 19.5. The molecule has 0 bridgehead atoms. The molecule has 0 aromatic heterocycles. The smallest absolute Gasteiger partial charge is 0.0809 e. The van der Waals surface area contributed by atoms with E-state index in [-0.39, 0.29) is 17.6 Å². The van der Waals surface area contributed by atoms with E-state index in [1.165, 1.54) is 36.8 Å². The summed E-state index contributed by atoms with van der Waals surface area (Å²) >= 11 is 0. The monoisotopic (exact) mass is 380 g/mol. The Labute approximate surface area is 170 Å². The lowest BCUT2D eigenvalue weighted by Gasteiger charge is -2.60. The number of rotatable bonds is 1. The molecule has 0 amide bonds. The third kappa shape index (κ3) is 2.75. The van der Waals surface area contributed by atoms with Gasteiger partial charge in [0.05, 0.1) is 12.2 Å². The molecular formula is C26H36O2. The molecule has 2 N–H and O–H groups in total. The second kappa shape index (κ2) is 6.71. The first-order valence-electron chi connectivity index (χ1n) is 11.5. The van der Waals surface area contributed by atoms with Crippen molar-refractivity contribution < 1.29 is 10.2 Å². The van der Waals surface area contributed by atoms with Crippen LogP contribution in [0.1, 0.15) is 70.8 Å². The first-order valence-corrected chi connectivity index (χ1v) is 11.5. The summed E-state index contributed by atoms with van der Waals surface area (Å²) in [6.07, 6.45) is 11.1. The fraction of sp³-hybridized carbons (Fsp3) is 0.692. The quantitative estimate of drug-likeness (QED) is 0.680. The van der Waals surface area contributed by atoms with Crippen molar-refractivity contribution in [3.8, 4) is 0 Å². The molecule has 4 aliphatic carbocycles. The highest BCUT2D eigenvalue weighted by Gasteiger charge is 2.61. The number of fused-ring (bicyclic) bond motifs is 5. The van der Waals surface area contributed by atoms with Crippen LogP contribution in [0.4, 0.5) is 0 Å². The molecule has 2 heteroatoms. The second-order valence-corrected chi connectivity index (χ2v) is 10.9. The highest BCUT2D eigenvalue weighted by atomic mass is 16.3. The lowest BCUT2D eigenvalue weighted by Crippen LogP contribution is -2.54. The zero-order valence-corrected chi connectivity index (χ0v) is 17.5. The maximum atomic E-state index is 11.3. The Balaban J connectivity index is 1.44. The maximum absolute atomic E-state index is 11.3. The summed E-state index contributed by atoms with van der Waals surface area (Å²) in [5, 5.41) is 21.5. The van der Waals surface area contributed by atoms with Gasteiger partial charge in [-0.2, -0.15) is 0 Å². The van der Waals surface area contributed by atoms with Gasteiger partial charge < -0.3 is 10.2 Å². The van der Waals surface area contributed by atoms with Crippen LogP contribution in [0.3, 0.4) is 0 Å². The Morgan fingerprint density at radius 2 is 1.64 bits per heavy atom. The Bertz CT molecular complexity index is 755. The summed E-state index contributed by atoms with van der Waals surface area (Å²) in [6, 6.07) is 10.5. The number of aliphatic hydroxyl groups excluding tert-OH is 2. The molecule has 28 heavy (non-hydrogen) atoms. The zero-order valence-electron chi connectivity index (χ0n) is 17.5. The van der Waals surface area contributed by atoms with Crippen molar-refractivity contribution in [2.75, 3.05) is 0 Å². The molecule has 0 aliphatic heterocycles. The average Bonchev–Trinajstić information content (AvgIpc) is 2.94. The predicted octanol–water partition coefficient (Wildman–Crippen LogP) is 5.44. The minimum Gasteiger partial charge on any atom is -0.393 e. The molecule has 4 aliphatic rings. The van der Waals surface area contributed by atoms with E-state index in [1.54, 1.807) is 0 Å². The molecule has 5 rings (SSSR count). The molecule has 1 aromatic carbocycles. The predicted molar refractivity (Wildman–Crippen MR) is 114 cm³/mol. The van der Waals surface area contributed by atoms with Gasteiger partial charge in [0.1, 0.15) is 0 Å². The van der Waals surface area contributed by atoms with Gasteiger partial charge in [0.25, 0.3) is 0 Å². The summed E-state index contributed by atoms with van der Waals surface area (Å²) in [5.74, 6) is 2.83. The van der Waals surface area contributed by atoms with Crippen LogP contribution in [0.15, 0.2) is 35.9 Å². The van der Waals surface area contributed by atoms with Gasteiger partial charge in [-0.05, 0) is 91.6 Å². The molecule has 0 radical (unpaired) electrons. The van der Waals surface area contributed by atoms with Crippen LogP contribution in [0.2, 0.25) is 0 Å². The first kappa shape index (κ1) is 18.9. The summed E-state index contributed by atoms with van der Waals surface area (Å²) in [7, 11) is 0. The number of benzene rings is 1. The lowest BCUT2D eigenvalue weighted by molar-refractivity contribution is -0.133. The molecule has 8 atom stereocenters. The van der Waals surface area contributed by atoms with Gasteiger partial charge in [-0.15, -0.1) is 0 Å². The maximum Gasteiger partial charge on any atom is 0.0809 e. The standard InChI is InChI=1S/C26H36O2/c1-25-12-10-20(27)16-19(25)8-9-21-22(25)11-13-26(2)23(21)15-18(24(26)28)14-17-6-4-3-5-7-17/h3-7,14,19-24,27-28H,8-13,15-16H2,1-2H3/b18-14-/t19-,20+,21+,22-,23+,24-,25-,26-/m1/s1. The molecule has 4 fully saturated rings. The normalized spacial score (nSPS) is 49.4. The van der Waals surface area contributed by atoms with Crippen molar-refractivity contribution in [2.45, 2.75) is 77.4 Å². The summed E-state index contributed by atoms with van der Waals surface area (Å²) in [6.45, 7) is 4.90. The number of hydrogen-bond donors (Lipinski definition) is 2. The second-order valence-electron chi connectivity index (χ2n) is 10.9.